The Labute approximate surface area is 232 Å². The van der Waals surface area contributed by atoms with E-state index in [0.717, 1.165) is 44.2 Å². The summed E-state index contributed by atoms with van der Waals surface area (Å²) in [7, 11) is 1.29. The van der Waals surface area contributed by atoms with Crippen molar-refractivity contribution in [2.75, 3.05) is 71.8 Å². The zero-order valence-electron chi connectivity index (χ0n) is 23.0. The third-order valence-electron chi connectivity index (χ3n) is 7.34. The number of carboxylic acid groups (broad SMARTS) is 1. The molecule has 3 atom stereocenters. The lowest BCUT2D eigenvalue weighted by Crippen LogP contribution is -2.70. The Balaban J connectivity index is 1.69. The molecule has 2 fully saturated rings. The predicted octanol–water partition coefficient (Wildman–Crippen LogP) is -0.821. The zero-order chi connectivity index (χ0) is 28.7. The smallest absolute Gasteiger partial charge is 0.352 e. The second-order valence-electron chi connectivity index (χ2n) is 9.64. The van der Waals surface area contributed by atoms with Gasteiger partial charge in [-0.2, -0.15) is 0 Å². The van der Waals surface area contributed by atoms with Gasteiger partial charge >= 0.3 is 17.9 Å². The molecule has 39 heavy (non-hydrogen) atoms. The molecule has 0 saturated carbocycles. The van der Waals surface area contributed by atoms with Gasteiger partial charge in [-0.15, -0.1) is 11.8 Å². The number of carboxylic acids is 1. The SMILES string of the molecule is CCN1CCN(CC)CCN(C(CC(=O)NC2C(=O)N3C(C(=O)O)=C(COC(C)=O)CSC23)C(=O)OC)CC1. The molecule has 3 aliphatic rings. The van der Waals surface area contributed by atoms with Crippen molar-refractivity contribution in [1.82, 2.24) is 24.9 Å². The van der Waals surface area contributed by atoms with Crippen molar-refractivity contribution < 1.29 is 38.6 Å². The lowest BCUT2D eigenvalue weighted by atomic mass is 10.0. The first-order valence-corrected chi connectivity index (χ1v) is 14.2. The number of carbonyl (C=O) groups is 5. The molecule has 13 nitrogen and oxygen atoms in total. The molecule has 0 aromatic heterocycles. The van der Waals surface area contributed by atoms with Gasteiger partial charge in [-0.25, -0.2) is 4.79 Å². The van der Waals surface area contributed by atoms with Crippen LogP contribution in [0.2, 0.25) is 0 Å². The van der Waals surface area contributed by atoms with Crippen molar-refractivity contribution in [3.05, 3.63) is 11.3 Å². The summed E-state index contributed by atoms with van der Waals surface area (Å²) in [6.45, 7) is 11.5. The highest BCUT2D eigenvalue weighted by Gasteiger charge is 2.54. The van der Waals surface area contributed by atoms with Crippen LogP contribution in [0.15, 0.2) is 11.3 Å². The minimum Gasteiger partial charge on any atom is -0.477 e. The number of ether oxygens (including phenoxy) is 2. The average Bonchev–Trinajstić information content (AvgIpc) is 3.02. The number of β-lactam (4-membered cyclic amide) rings is 1. The van der Waals surface area contributed by atoms with Gasteiger partial charge in [-0.1, -0.05) is 13.8 Å². The fourth-order valence-corrected chi connectivity index (χ4v) is 6.32. The highest BCUT2D eigenvalue weighted by atomic mass is 32.2. The molecular formula is C25H39N5O8S. The second kappa shape index (κ2) is 14.1. The van der Waals surface area contributed by atoms with Crippen molar-refractivity contribution in [3.63, 3.8) is 0 Å². The molecule has 3 rings (SSSR count). The van der Waals surface area contributed by atoms with Crippen LogP contribution in [0.5, 0.6) is 0 Å². The minimum atomic E-state index is -1.30. The first-order valence-electron chi connectivity index (χ1n) is 13.2. The van der Waals surface area contributed by atoms with Crippen LogP contribution in [0.1, 0.15) is 27.2 Å². The number of fused-ring (bicyclic) bond motifs is 1. The Morgan fingerprint density at radius 2 is 1.64 bits per heavy atom. The molecule has 3 aliphatic heterocycles. The summed E-state index contributed by atoms with van der Waals surface area (Å²) in [5, 5.41) is 11.8. The molecule has 14 heteroatoms. The number of methoxy groups -OCH3 is 1. The topological polar surface area (TPSA) is 149 Å². The maximum Gasteiger partial charge on any atom is 0.352 e. The highest BCUT2D eigenvalue weighted by Crippen LogP contribution is 2.40. The van der Waals surface area contributed by atoms with E-state index in [0.29, 0.717) is 18.7 Å². The fourth-order valence-electron chi connectivity index (χ4n) is 4.99. The van der Waals surface area contributed by atoms with Crippen LogP contribution < -0.4 is 5.32 Å². The summed E-state index contributed by atoms with van der Waals surface area (Å²) in [5.41, 5.74) is 0.0960. The van der Waals surface area contributed by atoms with Crippen LogP contribution in [0, 0.1) is 0 Å². The molecule has 0 radical (unpaired) electrons. The molecule has 2 N–H and O–H groups in total. The van der Waals surface area contributed by atoms with Gasteiger partial charge in [0.05, 0.1) is 13.5 Å². The Bertz CT molecular complexity index is 976. The Hall–Kier alpha value is -2.68. The fraction of sp³-hybridized carbons (Fsp3) is 0.720. The molecule has 2 saturated heterocycles. The van der Waals surface area contributed by atoms with E-state index in [-0.39, 0.29) is 24.5 Å². The van der Waals surface area contributed by atoms with E-state index in [1.807, 2.05) is 4.90 Å². The van der Waals surface area contributed by atoms with Crippen molar-refractivity contribution in [2.45, 2.75) is 44.6 Å². The number of amides is 2. The number of aliphatic carboxylic acids is 1. The number of carbonyl (C=O) groups excluding carboxylic acids is 4. The number of hydrogen-bond donors (Lipinski definition) is 2. The molecule has 2 amide bonds. The number of esters is 2. The van der Waals surface area contributed by atoms with Gasteiger partial charge in [-0.3, -0.25) is 29.0 Å². The van der Waals surface area contributed by atoms with Crippen LogP contribution in [0.25, 0.3) is 0 Å². The van der Waals surface area contributed by atoms with Gasteiger partial charge in [-0.05, 0) is 13.1 Å². The minimum absolute atomic E-state index is 0.189. The van der Waals surface area contributed by atoms with Gasteiger partial charge in [0, 0.05) is 57.5 Å². The second-order valence-corrected chi connectivity index (χ2v) is 10.7. The maximum absolute atomic E-state index is 13.1. The Morgan fingerprint density at radius 3 is 2.15 bits per heavy atom. The number of thioether (sulfide) groups is 1. The first kappa shape index (κ1) is 30.9. The van der Waals surface area contributed by atoms with Crippen molar-refractivity contribution in [2.24, 2.45) is 0 Å². The molecule has 0 spiro atoms. The summed E-state index contributed by atoms with van der Waals surface area (Å²) < 4.78 is 9.99. The number of nitrogens with one attached hydrogen (secondary N) is 1. The van der Waals surface area contributed by atoms with Gasteiger partial charge < -0.3 is 29.7 Å². The van der Waals surface area contributed by atoms with Crippen LogP contribution >= 0.6 is 11.8 Å². The van der Waals surface area contributed by atoms with Crippen molar-refractivity contribution in [1.29, 1.82) is 0 Å². The van der Waals surface area contributed by atoms with E-state index in [1.165, 1.54) is 25.8 Å². The number of hydrogen-bond acceptors (Lipinski definition) is 11. The monoisotopic (exact) mass is 569 g/mol. The quantitative estimate of drug-likeness (QED) is 0.250. The zero-order valence-corrected chi connectivity index (χ0v) is 23.8. The van der Waals surface area contributed by atoms with Crippen molar-refractivity contribution in [3.8, 4) is 0 Å². The van der Waals surface area contributed by atoms with E-state index >= 15 is 0 Å². The largest absolute Gasteiger partial charge is 0.477 e. The summed E-state index contributed by atoms with van der Waals surface area (Å²) in [4.78, 5) is 69.7. The normalized spacial score (nSPS) is 24.0. The van der Waals surface area contributed by atoms with Crippen molar-refractivity contribution >= 4 is 41.5 Å². The van der Waals surface area contributed by atoms with E-state index in [9.17, 15) is 29.1 Å². The van der Waals surface area contributed by atoms with Gasteiger partial charge in [0.25, 0.3) is 5.91 Å². The molecule has 0 aromatic rings. The van der Waals surface area contributed by atoms with Crippen LogP contribution in [0.4, 0.5) is 0 Å². The molecule has 0 aromatic carbocycles. The molecule has 3 heterocycles. The molecule has 218 valence electrons. The molecule has 0 bridgehead atoms. The van der Waals surface area contributed by atoms with E-state index in [1.54, 1.807) is 0 Å². The van der Waals surface area contributed by atoms with Gasteiger partial charge in [0.15, 0.2) is 0 Å². The summed E-state index contributed by atoms with van der Waals surface area (Å²) in [6, 6.07) is -1.74. The third-order valence-corrected chi connectivity index (χ3v) is 8.68. The van der Waals surface area contributed by atoms with E-state index < -0.39 is 47.2 Å². The standard InChI is InChI=1S/C25H39N5O8S/c1-5-27-7-8-28(6-2)10-12-29(11-9-27)18(25(36)37-4)13-19(32)26-20-22(33)30-21(24(34)35)17(14-38-16(3)31)15-39-23(20)30/h18,20,23H,5-15H2,1-4H3,(H,26,32)(H,34,35). The maximum atomic E-state index is 13.1. The Kier molecular flexibility index (Phi) is 11.2. The number of nitrogens with zero attached hydrogens (tertiary/aromatic N) is 4. The lowest BCUT2D eigenvalue weighted by molar-refractivity contribution is -0.152. The van der Waals surface area contributed by atoms with E-state index in [4.69, 9.17) is 9.47 Å². The van der Waals surface area contributed by atoms with Crippen LogP contribution in [0.3, 0.4) is 0 Å². The average molecular weight is 570 g/mol. The van der Waals surface area contributed by atoms with Gasteiger partial charge in [0.2, 0.25) is 5.91 Å². The number of rotatable bonds is 10. The van der Waals surface area contributed by atoms with Crippen LogP contribution in [-0.2, 0) is 33.4 Å². The number of likely N-dealkylation sites (N-methyl/N-ethyl adjacent to an activating group) is 2. The third kappa shape index (κ3) is 7.50. The summed E-state index contributed by atoms with van der Waals surface area (Å²) in [6.07, 6.45) is -0.189. The van der Waals surface area contributed by atoms with Gasteiger partial charge in [0.1, 0.15) is 29.8 Å². The predicted molar refractivity (Wildman–Crippen MR) is 143 cm³/mol. The highest BCUT2D eigenvalue weighted by molar-refractivity contribution is 8.00. The van der Waals surface area contributed by atoms with E-state index in [2.05, 4.69) is 29.0 Å². The van der Waals surface area contributed by atoms with Crippen LogP contribution in [-0.4, -0.2) is 144 Å². The Morgan fingerprint density at radius 1 is 1.05 bits per heavy atom. The molecule has 0 aliphatic carbocycles. The molecular weight excluding hydrogens is 530 g/mol. The summed E-state index contributed by atoms with van der Waals surface area (Å²) >= 11 is 1.28. The summed E-state index contributed by atoms with van der Waals surface area (Å²) in [5.74, 6) is -3.20. The lowest BCUT2D eigenvalue weighted by Gasteiger charge is -2.49. The first-order chi connectivity index (χ1) is 18.6. The molecule has 3 unspecified atom stereocenters.